The summed E-state index contributed by atoms with van der Waals surface area (Å²) in [6.07, 6.45) is 3.66. The summed E-state index contributed by atoms with van der Waals surface area (Å²) in [7, 11) is 0. The van der Waals surface area contributed by atoms with Crippen LogP contribution in [0.1, 0.15) is 60.5 Å². The largest absolute Gasteiger partial charge is 0.481 e. The second-order valence-electron chi connectivity index (χ2n) is 9.26. The SMILES string of the molecule is Cc1cc(C)c2c(C(C)n3c(=O)n(C(CC(=O)O)C4CC4)c4cc(C#N)ccc43)c[nH]c2c1. The van der Waals surface area contributed by atoms with Gasteiger partial charge in [0.1, 0.15) is 0 Å². The Balaban J connectivity index is 1.76. The van der Waals surface area contributed by atoms with Crippen LogP contribution in [0.4, 0.5) is 0 Å². The number of fused-ring (bicyclic) bond motifs is 2. The van der Waals surface area contributed by atoms with Gasteiger partial charge in [-0.3, -0.25) is 13.9 Å². The monoisotopic (exact) mass is 442 g/mol. The Labute approximate surface area is 190 Å². The minimum atomic E-state index is -0.924. The molecule has 5 rings (SSSR count). The Morgan fingerprint density at radius 1 is 1.21 bits per heavy atom. The Bertz CT molecular complexity index is 1510. The summed E-state index contributed by atoms with van der Waals surface area (Å²) in [6.45, 7) is 6.12. The summed E-state index contributed by atoms with van der Waals surface area (Å²) in [5.41, 5.74) is 5.89. The molecule has 0 spiro atoms. The van der Waals surface area contributed by atoms with Crippen molar-refractivity contribution in [2.75, 3.05) is 0 Å². The molecule has 1 aliphatic rings. The van der Waals surface area contributed by atoms with Gasteiger partial charge in [-0.2, -0.15) is 5.26 Å². The number of carbonyl (C=O) groups is 1. The van der Waals surface area contributed by atoms with Gasteiger partial charge in [-0.15, -0.1) is 0 Å². The molecule has 1 saturated carbocycles. The second kappa shape index (κ2) is 7.66. The minimum absolute atomic E-state index is 0.111. The third-order valence-corrected chi connectivity index (χ3v) is 6.91. The van der Waals surface area contributed by atoms with Crippen LogP contribution >= 0.6 is 0 Å². The third-order valence-electron chi connectivity index (χ3n) is 6.91. The molecule has 0 amide bonds. The summed E-state index contributed by atoms with van der Waals surface area (Å²) >= 11 is 0. The molecule has 2 N–H and O–H groups in total. The number of carboxylic acid groups (broad SMARTS) is 1. The summed E-state index contributed by atoms with van der Waals surface area (Å²) in [4.78, 5) is 28.9. The highest BCUT2D eigenvalue weighted by Gasteiger charge is 2.37. The van der Waals surface area contributed by atoms with Crippen molar-refractivity contribution in [1.82, 2.24) is 14.1 Å². The summed E-state index contributed by atoms with van der Waals surface area (Å²) in [5.74, 6) is -0.760. The molecule has 1 aliphatic carbocycles. The number of aromatic amines is 1. The number of imidazole rings is 1. The van der Waals surface area contributed by atoms with Crippen molar-refractivity contribution in [2.45, 2.75) is 52.1 Å². The zero-order valence-electron chi connectivity index (χ0n) is 18.9. The molecule has 168 valence electrons. The van der Waals surface area contributed by atoms with Crippen molar-refractivity contribution >= 4 is 27.9 Å². The maximum absolute atomic E-state index is 13.9. The number of aromatic nitrogens is 3. The lowest BCUT2D eigenvalue weighted by Gasteiger charge is -2.17. The van der Waals surface area contributed by atoms with Gasteiger partial charge < -0.3 is 10.1 Å². The predicted molar refractivity (Wildman–Crippen MR) is 127 cm³/mol. The van der Waals surface area contributed by atoms with E-state index in [0.717, 1.165) is 34.9 Å². The molecule has 2 aromatic heterocycles. The van der Waals surface area contributed by atoms with E-state index in [-0.39, 0.29) is 24.1 Å². The van der Waals surface area contributed by atoms with Crippen LogP contribution in [0.25, 0.3) is 21.9 Å². The highest BCUT2D eigenvalue weighted by Crippen LogP contribution is 2.42. The fourth-order valence-electron chi connectivity index (χ4n) is 5.30. The van der Waals surface area contributed by atoms with Gasteiger partial charge in [-0.1, -0.05) is 6.07 Å². The zero-order chi connectivity index (χ0) is 23.4. The quantitative estimate of drug-likeness (QED) is 0.447. The molecule has 0 aliphatic heterocycles. The van der Waals surface area contributed by atoms with Crippen LogP contribution in [-0.4, -0.2) is 25.2 Å². The Morgan fingerprint density at radius 3 is 2.64 bits per heavy atom. The van der Waals surface area contributed by atoms with Gasteiger partial charge in [0, 0.05) is 22.7 Å². The van der Waals surface area contributed by atoms with E-state index >= 15 is 0 Å². The Morgan fingerprint density at radius 2 is 1.97 bits per heavy atom. The normalized spacial score (nSPS) is 15.6. The number of nitriles is 1. The third kappa shape index (κ3) is 3.43. The van der Waals surface area contributed by atoms with Crippen molar-refractivity contribution in [3.05, 3.63) is 69.3 Å². The number of hydrogen-bond acceptors (Lipinski definition) is 3. The lowest BCUT2D eigenvalue weighted by molar-refractivity contribution is -0.138. The standard InChI is InChI=1S/C26H26N4O3/c1-14-8-15(2)25-19(13-28-20(25)9-14)16(3)29-21-7-4-17(12-27)10-23(21)30(26(29)33)22(11-24(31)32)18-5-6-18/h4,7-10,13,16,18,22,28H,5-6,11H2,1-3H3,(H,31,32). The van der Waals surface area contributed by atoms with Crippen LogP contribution in [-0.2, 0) is 4.79 Å². The van der Waals surface area contributed by atoms with Crippen LogP contribution in [0, 0.1) is 31.1 Å². The van der Waals surface area contributed by atoms with Crippen molar-refractivity contribution < 1.29 is 9.90 Å². The molecule has 7 nitrogen and oxygen atoms in total. The van der Waals surface area contributed by atoms with Crippen LogP contribution < -0.4 is 5.69 Å². The smallest absolute Gasteiger partial charge is 0.329 e. The molecular weight excluding hydrogens is 416 g/mol. The molecule has 33 heavy (non-hydrogen) atoms. The highest BCUT2D eigenvalue weighted by molar-refractivity contribution is 5.88. The molecule has 0 radical (unpaired) electrons. The number of nitrogens with zero attached hydrogens (tertiary/aromatic N) is 3. The van der Waals surface area contributed by atoms with Crippen LogP contribution in [0.5, 0.6) is 0 Å². The van der Waals surface area contributed by atoms with E-state index in [2.05, 4.69) is 37.0 Å². The number of carboxylic acids is 1. The van der Waals surface area contributed by atoms with E-state index in [4.69, 9.17) is 0 Å². The number of benzene rings is 2. The van der Waals surface area contributed by atoms with E-state index in [0.29, 0.717) is 16.6 Å². The van der Waals surface area contributed by atoms with Gasteiger partial charge in [0.2, 0.25) is 0 Å². The molecule has 2 unspecified atom stereocenters. The number of nitrogens with one attached hydrogen (secondary N) is 1. The van der Waals surface area contributed by atoms with Crippen molar-refractivity contribution in [2.24, 2.45) is 5.92 Å². The van der Waals surface area contributed by atoms with E-state index < -0.39 is 12.0 Å². The molecule has 2 heterocycles. The fraction of sp³-hybridized carbons (Fsp3) is 0.346. The topological polar surface area (TPSA) is 104 Å². The molecule has 1 fully saturated rings. The molecule has 2 aromatic carbocycles. The predicted octanol–water partition coefficient (Wildman–Crippen LogP) is 4.81. The number of hydrogen-bond donors (Lipinski definition) is 2. The van der Waals surface area contributed by atoms with Crippen molar-refractivity contribution in [1.29, 1.82) is 5.26 Å². The summed E-state index contributed by atoms with van der Waals surface area (Å²) < 4.78 is 3.37. The lowest BCUT2D eigenvalue weighted by Crippen LogP contribution is -2.31. The summed E-state index contributed by atoms with van der Waals surface area (Å²) in [6, 6.07) is 10.9. The first-order valence-electron chi connectivity index (χ1n) is 11.3. The van der Waals surface area contributed by atoms with Gasteiger partial charge in [0.25, 0.3) is 0 Å². The molecule has 4 aromatic rings. The molecule has 0 saturated heterocycles. The van der Waals surface area contributed by atoms with Gasteiger partial charge in [-0.25, -0.2) is 4.79 Å². The molecular formula is C26H26N4O3. The van der Waals surface area contributed by atoms with E-state index in [9.17, 15) is 20.0 Å². The van der Waals surface area contributed by atoms with Crippen LogP contribution in [0.15, 0.2) is 41.3 Å². The average Bonchev–Trinajstić information content (AvgIpc) is 3.45. The van der Waals surface area contributed by atoms with Crippen molar-refractivity contribution in [3.63, 3.8) is 0 Å². The van der Waals surface area contributed by atoms with E-state index in [1.807, 2.05) is 13.1 Å². The highest BCUT2D eigenvalue weighted by atomic mass is 16.4. The van der Waals surface area contributed by atoms with E-state index in [1.54, 1.807) is 27.3 Å². The Hall–Kier alpha value is -3.79. The Kier molecular flexibility index (Phi) is 4.89. The van der Waals surface area contributed by atoms with Gasteiger partial charge in [0.15, 0.2) is 0 Å². The number of H-pyrrole nitrogens is 1. The maximum atomic E-state index is 13.9. The van der Waals surface area contributed by atoms with Gasteiger partial charge in [-0.05, 0) is 74.9 Å². The first kappa shape index (κ1) is 21.1. The molecule has 7 heteroatoms. The van der Waals surface area contributed by atoms with Crippen molar-refractivity contribution in [3.8, 4) is 6.07 Å². The maximum Gasteiger partial charge on any atom is 0.329 e. The van der Waals surface area contributed by atoms with Gasteiger partial charge in [0.05, 0.1) is 41.2 Å². The van der Waals surface area contributed by atoms with Crippen LogP contribution in [0.3, 0.4) is 0 Å². The minimum Gasteiger partial charge on any atom is -0.481 e. The van der Waals surface area contributed by atoms with Crippen LogP contribution in [0.2, 0.25) is 0 Å². The first-order chi connectivity index (χ1) is 15.8. The lowest BCUT2D eigenvalue weighted by atomic mass is 10.0. The number of aliphatic carboxylic acids is 1. The van der Waals surface area contributed by atoms with E-state index in [1.165, 1.54) is 5.56 Å². The fourth-order valence-corrected chi connectivity index (χ4v) is 5.30. The zero-order valence-corrected chi connectivity index (χ0v) is 18.9. The molecule has 0 bridgehead atoms. The second-order valence-corrected chi connectivity index (χ2v) is 9.26. The molecule has 2 atom stereocenters. The van der Waals surface area contributed by atoms with Gasteiger partial charge >= 0.3 is 11.7 Å². The number of rotatable bonds is 6. The number of aryl methyl sites for hydroxylation is 2. The summed E-state index contributed by atoms with van der Waals surface area (Å²) in [5, 5.41) is 20.1. The first-order valence-corrected chi connectivity index (χ1v) is 11.3. The average molecular weight is 443 g/mol.